The highest BCUT2D eigenvalue weighted by Crippen LogP contribution is 2.35. The molecule has 3 aromatic heterocycles. The summed E-state index contributed by atoms with van der Waals surface area (Å²) in [7, 11) is 1.61. The van der Waals surface area contributed by atoms with E-state index in [9.17, 15) is 32.7 Å². The van der Waals surface area contributed by atoms with Crippen LogP contribution in [0, 0.1) is 6.92 Å². The van der Waals surface area contributed by atoms with E-state index >= 15 is 0 Å². The van der Waals surface area contributed by atoms with Gasteiger partial charge in [0.05, 0.1) is 40.9 Å². The number of benzene rings is 2. The second-order valence-electron chi connectivity index (χ2n) is 13.1. The summed E-state index contributed by atoms with van der Waals surface area (Å²) in [6.45, 7) is 4.55. The molecule has 0 bridgehead atoms. The van der Waals surface area contributed by atoms with Gasteiger partial charge in [-0.25, -0.2) is 9.97 Å². The van der Waals surface area contributed by atoms with Crippen LogP contribution in [-0.4, -0.2) is 97.5 Å². The Bertz CT molecular complexity index is 2350. The average molecular weight is 782 g/mol. The average Bonchev–Trinajstić information content (AvgIpc) is 3.60. The summed E-state index contributed by atoms with van der Waals surface area (Å²) in [5, 5.41) is 17.3. The van der Waals surface area contributed by atoms with Crippen molar-refractivity contribution in [1.29, 1.82) is 0 Å². The number of piperazine rings is 1. The van der Waals surface area contributed by atoms with Crippen molar-refractivity contribution in [3.63, 3.8) is 0 Å². The molecular weight excluding hydrogens is 747 g/mol. The zero-order chi connectivity index (χ0) is 39.2. The monoisotopic (exact) mass is 781 g/mol. The van der Waals surface area contributed by atoms with Crippen molar-refractivity contribution in [3.05, 3.63) is 92.4 Å². The topological polar surface area (TPSA) is 169 Å². The van der Waals surface area contributed by atoms with E-state index in [1.807, 2.05) is 19.1 Å². The molecule has 2 aromatic carbocycles. The summed E-state index contributed by atoms with van der Waals surface area (Å²) in [5.41, 5.74) is 0.227. The van der Waals surface area contributed by atoms with Gasteiger partial charge in [0.2, 0.25) is 11.7 Å². The zero-order valence-corrected chi connectivity index (χ0v) is 30.6. The number of nitrogens with zero attached hydrogens (tertiary/aromatic N) is 8. The first-order chi connectivity index (χ1) is 26.2. The number of ether oxygens (including phenoxy) is 2. The number of aromatic hydroxyl groups is 1. The van der Waals surface area contributed by atoms with Crippen LogP contribution < -0.4 is 15.8 Å². The standard InChI is InChI=1S/C36H35ClF3N9O6/c1-4-26-29(46-11-13-47(14-12-46)32(52)28-30(51)20(2)41-19-42-28)33(53)49-34(44-31(45-49)21-5-7-22(8-6-21)35(54-3)17-55-18-35)48(26)16-27(50)43-25-10-9-23(15-24(25)37)36(38,39)40/h5-10,15,19,51H,4,11-14,16-18H2,1-3H3,(H,43,50). The van der Waals surface area contributed by atoms with Crippen LogP contribution >= 0.6 is 11.6 Å². The van der Waals surface area contributed by atoms with Crippen molar-refractivity contribution in [3.8, 4) is 17.1 Å². The second kappa shape index (κ2) is 14.6. The summed E-state index contributed by atoms with van der Waals surface area (Å²) < 4.78 is 53.5. The Balaban J connectivity index is 1.25. The number of hydrogen-bond acceptors (Lipinski definition) is 11. The van der Waals surface area contributed by atoms with E-state index in [-0.39, 0.29) is 77.7 Å². The quantitative estimate of drug-likeness (QED) is 0.221. The fourth-order valence-corrected chi connectivity index (χ4v) is 6.92. The number of carbonyl (C=O) groups excluding carboxylic acids is 2. The minimum Gasteiger partial charge on any atom is -0.504 e. The molecule has 288 valence electrons. The molecule has 0 aliphatic carbocycles. The van der Waals surface area contributed by atoms with Gasteiger partial charge in [-0.1, -0.05) is 42.8 Å². The molecule has 2 amide bonds. The molecule has 0 radical (unpaired) electrons. The number of methoxy groups -OCH3 is 1. The van der Waals surface area contributed by atoms with Gasteiger partial charge in [-0.3, -0.25) is 14.4 Å². The molecule has 0 spiro atoms. The van der Waals surface area contributed by atoms with Crippen LogP contribution in [0.5, 0.6) is 5.75 Å². The molecule has 2 saturated heterocycles. The summed E-state index contributed by atoms with van der Waals surface area (Å²) in [6, 6.07) is 9.94. The molecule has 5 aromatic rings. The maximum Gasteiger partial charge on any atom is 0.416 e. The molecule has 2 fully saturated rings. The van der Waals surface area contributed by atoms with Crippen molar-refractivity contribution in [2.24, 2.45) is 0 Å². The summed E-state index contributed by atoms with van der Waals surface area (Å²) in [4.78, 5) is 57.2. The van der Waals surface area contributed by atoms with Crippen molar-refractivity contribution < 1.29 is 37.3 Å². The first-order valence-electron chi connectivity index (χ1n) is 17.2. The number of alkyl halides is 3. The van der Waals surface area contributed by atoms with Crippen molar-refractivity contribution in [2.75, 3.05) is 56.7 Å². The number of rotatable bonds is 9. The number of carbonyl (C=O) groups is 2. The normalized spacial score (nSPS) is 15.6. The van der Waals surface area contributed by atoms with Crippen LogP contribution in [0.3, 0.4) is 0 Å². The molecule has 2 aliphatic heterocycles. The third-order valence-corrected chi connectivity index (χ3v) is 10.2. The number of anilines is 2. The molecule has 0 saturated carbocycles. The third kappa shape index (κ3) is 6.96. The van der Waals surface area contributed by atoms with E-state index in [0.717, 1.165) is 28.3 Å². The smallest absolute Gasteiger partial charge is 0.416 e. The van der Waals surface area contributed by atoms with Gasteiger partial charge in [-0.2, -0.15) is 22.7 Å². The minimum absolute atomic E-state index is 0.0337. The lowest BCUT2D eigenvalue weighted by Gasteiger charge is -2.40. The summed E-state index contributed by atoms with van der Waals surface area (Å²) >= 11 is 6.15. The highest BCUT2D eigenvalue weighted by molar-refractivity contribution is 6.33. The molecule has 0 unspecified atom stereocenters. The number of hydrogen-bond donors (Lipinski definition) is 2. The van der Waals surface area contributed by atoms with Crippen LogP contribution in [-0.2, 0) is 39.0 Å². The van der Waals surface area contributed by atoms with Gasteiger partial charge in [-0.15, -0.1) is 5.10 Å². The second-order valence-corrected chi connectivity index (χ2v) is 13.5. The Labute approximate surface area is 316 Å². The third-order valence-electron chi connectivity index (χ3n) is 9.85. The highest BCUT2D eigenvalue weighted by Gasteiger charge is 2.40. The molecule has 7 rings (SSSR count). The molecule has 2 aliphatic rings. The molecule has 5 heterocycles. The number of nitrogens with one attached hydrogen (secondary N) is 1. The fraction of sp³-hybridized carbons (Fsp3) is 0.361. The first kappa shape index (κ1) is 37.7. The van der Waals surface area contributed by atoms with Crippen LogP contribution in [0.15, 0.2) is 53.6 Å². The van der Waals surface area contributed by atoms with Gasteiger partial charge in [-0.05, 0) is 37.1 Å². The maximum atomic E-state index is 14.4. The number of fused-ring (bicyclic) bond motifs is 1. The zero-order valence-electron chi connectivity index (χ0n) is 29.9. The number of amides is 2. The lowest BCUT2D eigenvalue weighted by molar-refractivity contribution is -0.202. The van der Waals surface area contributed by atoms with Gasteiger partial charge in [0.15, 0.2) is 17.3 Å². The van der Waals surface area contributed by atoms with E-state index in [2.05, 4.69) is 20.4 Å². The first-order valence-corrected chi connectivity index (χ1v) is 17.6. The van der Waals surface area contributed by atoms with E-state index in [4.69, 9.17) is 26.1 Å². The SMILES string of the molecule is CCc1c(N2CCN(C(=O)c3ncnc(C)c3O)CC2)c(=O)n2nc(-c3ccc(C4(OC)COC4)cc3)nc2n1CC(=O)Nc1ccc(C(F)(F)F)cc1Cl. The molecular formula is C36H35ClF3N9O6. The lowest BCUT2D eigenvalue weighted by atomic mass is 9.91. The Hall–Kier alpha value is -5.59. The summed E-state index contributed by atoms with van der Waals surface area (Å²) in [5.74, 6) is -1.18. The van der Waals surface area contributed by atoms with E-state index < -0.39 is 41.3 Å². The number of aromatic nitrogens is 6. The predicted molar refractivity (Wildman–Crippen MR) is 193 cm³/mol. The van der Waals surface area contributed by atoms with Crippen LogP contribution in [0.4, 0.5) is 24.5 Å². The Kier molecular flexibility index (Phi) is 9.99. The minimum atomic E-state index is -4.63. The fourth-order valence-electron chi connectivity index (χ4n) is 6.70. The lowest BCUT2D eigenvalue weighted by Crippen LogP contribution is -2.51. The van der Waals surface area contributed by atoms with E-state index in [0.29, 0.717) is 24.5 Å². The Morgan fingerprint density at radius 2 is 1.78 bits per heavy atom. The van der Waals surface area contributed by atoms with Gasteiger partial charge in [0, 0.05) is 38.9 Å². The van der Waals surface area contributed by atoms with Gasteiger partial charge < -0.3 is 34.3 Å². The van der Waals surface area contributed by atoms with Crippen molar-refractivity contribution in [1.82, 2.24) is 34.0 Å². The van der Waals surface area contributed by atoms with Gasteiger partial charge in [0.1, 0.15) is 24.2 Å². The van der Waals surface area contributed by atoms with Crippen molar-refractivity contribution in [2.45, 2.75) is 38.6 Å². The molecule has 0 atom stereocenters. The molecule has 15 nitrogen and oxygen atoms in total. The van der Waals surface area contributed by atoms with Gasteiger partial charge in [0.25, 0.3) is 11.5 Å². The predicted octanol–water partition coefficient (Wildman–Crippen LogP) is 4.07. The number of aryl methyl sites for hydroxylation is 1. The Morgan fingerprint density at radius 3 is 2.38 bits per heavy atom. The van der Waals surface area contributed by atoms with Crippen LogP contribution in [0.1, 0.15) is 39.9 Å². The molecule has 55 heavy (non-hydrogen) atoms. The molecule has 19 heteroatoms. The van der Waals surface area contributed by atoms with Crippen molar-refractivity contribution >= 4 is 40.6 Å². The number of halogens is 4. The molecule has 2 N–H and O–H groups in total. The summed E-state index contributed by atoms with van der Waals surface area (Å²) in [6.07, 6.45) is -3.16. The maximum absolute atomic E-state index is 14.4. The van der Waals surface area contributed by atoms with Gasteiger partial charge >= 0.3 is 6.18 Å². The van der Waals surface area contributed by atoms with E-state index in [1.165, 1.54) is 11.2 Å². The Morgan fingerprint density at radius 1 is 1.07 bits per heavy atom. The van der Waals surface area contributed by atoms with E-state index in [1.54, 1.807) is 35.6 Å². The highest BCUT2D eigenvalue weighted by atomic mass is 35.5. The largest absolute Gasteiger partial charge is 0.504 e. The van der Waals surface area contributed by atoms with Crippen LogP contribution in [0.25, 0.3) is 17.2 Å². The van der Waals surface area contributed by atoms with Crippen LogP contribution in [0.2, 0.25) is 5.02 Å².